The molecule has 0 saturated carbocycles. The quantitative estimate of drug-likeness (QED) is 0.370. The van der Waals surface area contributed by atoms with Gasteiger partial charge in [-0.3, -0.25) is 4.79 Å². The summed E-state index contributed by atoms with van der Waals surface area (Å²) in [6.45, 7) is 0.501. The molecule has 1 amide bonds. The van der Waals surface area contributed by atoms with Gasteiger partial charge in [-0.25, -0.2) is 17.5 Å². The first-order valence-corrected chi connectivity index (χ1v) is 12.3. The first-order valence-electron chi connectivity index (χ1n) is 9.07. The fraction of sp³-hybridized carbons (Fsp3) is 0.150. The molecule has 156 valence electrons. The van der Waals surface area contributed by atoms with Gasteiger partial charge < -0.3 is 10.3 Å². The Bertz CT molecular complexity index is 1280. The number of fused-ring (bicyclic) bond motifs is 1. The Hall–Kier alpha value is -2.53. The third-order valence-electron chi connectivity index (χ3n) is 4.55. The van der Waals surface area contributed by atoms with Crippen molar-refractivity contribution in [2.45, 2.75) is 17.9 Å². The number of thiophene rings is 2. The van der Waals surface area contributed by atoms with E-state index >= 15 is 0 Å². The first-order chi connectivity index (χ1) is 14.4. The number of halogens is 1. The number of sulfonamides is 1. The van der Waals surface area contributed by atoms with Crippen LogP contribution in [0.3, 0.4) is 0 Å². The van der Waals surface area contributed by atoms with Crippen LogP contribution in [-0.4, -0.2) is 25.9 Å². The molecular weight excluding hydrogens is 445 g/mol. The number of carbonyl (C=O) groups is 1. The lowest BCUT2D eigenvalue weighted by atomic mass is 10.1. The van der Waals surface area contributed by atoms with Crippen molar-refractivity contribution < 1.29 is 17.6 Å². The Morgan fingerprint density at radius 2 is 2.00 bits per heavy atom. The summed E-state index contributed by atoms with van der Waals surface area (Å²) >= 11 is 2.54. The highest BCUT2D eigenvalue weighted by molar-refractivity contribution is 7.89. The van der Waals surface area contributed by atoms with Crippen molar-refractivity contribution in [1.82, 2.24) is 15.0 Å². The summed E-state index contributed by atoms with van der Waals surface area (Å²) in [4.78, 5) is 16.6. The zero-order chi connectivity index (χ0) is 21.1. The zero-order valence-corrected chi connectivity index (χ0v) is 18.1. The van der Waals surface area contributed by atoms with Gasteiger partial charge in [0.05, 0.1) is 0 Å². The highest BCUT2D eigenvalue weighted by atomic mass is 32.2. The average molecular weight is 464 g/mol. The summed E-state index contributed by atoms with van der Waals surface area (Å²) in [5.41, 5.74) is 1.64. The van der Waals surface area contributed by atoms with Crippen LogP contribution < -0.4 is 10.0 Å². The van der Waals surface area contributed by atoms with Crippen LogP contribution in [0.4, 0.5) is 4.39 Å². The minimum Gasteiger partial charge on any atom is -0.361 e. The molecule has 0 bridgehead atoms. The normalized spacial score (nSPS) is 11.8. The van der Waals surface area contributed by atoms with Crippen LogP contribution >= 0.6 is 22.7 Å². The number of nitrogens with one attached hydrogen (secondary N) is 3. The van der Waals surface area contributed by atoms with E-state index in [1.807, 2.05) is 17.5 Å². The van der Waals surface area contributed by atoms with Gasteiger partial charge in [0.15, 0.2) is 0 Å². The number of hydrogen-bond acceptors (Lipinski definition) is 5. The molecule has 0 spiro atoms. The maximum Gasteiger partial charge on any atom is 0.262 e. The van der Waals surface area contributed by atoms with E-state index in [0.29, 0.717) is 18.5 Å². The van der Waals surface area contributed by atoms with E-state index in [1.165, 1.54) is 29.5 Å². The Labute approximate surface area is 180 Å². The maximum absolute atomic E-state index is 13.3. The standard InChI is InChI=1S/C20H18FN3O3S3/c21-14-3-4-16-13(11-23-17(16)10-14)5-7-22-20(25)19-18(6-9-29-19)30(26,27)24-12-15-2-1-8-28-15/h1-4,6,8-11,23-24H,5,7,12H2,(H,22,25). The van der Waals surface area contributed by atoms with Gasteiger partial charge in [0.25, 0.3) is 5.91 Å². The van der Waals surface area contributed by atoms with Crippen molar-refractivity contribution in [2.24, 2.45) is 0 Å². The van der Waals surface area contributed by atoms with E-state index in [0.717, 1.165) is 27.2 Å². The largest absolute Gasteiger partial charge is 0.361 e. The molecule has 3 aromatic heterocycles. The molecule has 6 nitrogen and oxygen atoms in total. The average Bonchev–Trinajstić information content (AvgIpc) is 3.47. The molecule has 0 radical (unpaired) electrons. The van der Waals surface area contributed by atoms with Gasteiger partial charge in [-0.1, -0.05) is 6.07 Å². The smallest absolute Gasteiger partial charge is 0.262 e. The molecule has 0 aliphatic carbocycles. The lowest BCUT2D eigenvalue weighted by molar-refractivity contribution is 0.0955. The Morgan fingerprint density at radius 3 is 2.80 bits per heavy atom. The second kappa shape index (κ2) is 8.68. The van der Waals surface area contributed by atoms with E-state index in [-0.39, 0.29) is 22.1 Å². The number of aromatic amines is 1. The highest BCUT2D eigenvalue weighted by Crippen LogP contribution is 2.23. The SMILES string of the molecule is O=C(NCCc1c[nH]c2cc(F)ccc12)c1sccc1S(=O)(=O)NCc1cccs1. The first kappa shape index (κ1) is 20.7. The molecule has 0 fully saturated rings. The molecule has 1 aromatic carbocycles. The van der Waals surface area contributed by atoms with E-state index in [4.69, 9.17) is 0 Å². The number of H-pyrrole nitrogens is 1. The summed E-state index contributed by atoms with van der Waals surface area (Å²) in [6, 6.07) is 9.63. The molecule has 0 saturated heterocycles. The summed E-state index contributed by atoms with van der Waals surface area (Å²) < 4.78 is 41.1. The summed E-state index contributed by atoms with van der Waals surface area (Å²) in [5, 5.41) is 7.12. The van der Waals surface area contributed by atoms with Gasteiger partial charge in [-0.05, 0) is 53.1 Å². The molecular formula is C20H18FN3O3S3. The summed E-state index contributed by atoms with van der Waals surface area (Å²) in [6.07, 6.45) is 2.31. The molecule has 10 heteroatoms. The molecule has 0 aliphatic rings. The van der Waals surface area contributed by atoms with Crippen LogP contribution in [0.15, 0.2) is 58.3 Å². The summed E-state index contributed by atoms with van der Waals surface area (Å²) in [5.74, 6) is -0.754. The van der Waals surface area contributed by atoms with E-state index in [1.54, 1.807) is 17.6 Å². The molecule has 4 rings (SSSR count). The molecule has 0 aliphatic heterocycles. The van der Waals surface area contributed by atoms with Crippen molar-refractivity contribution in [1.29, 1.82) is 0 Å². The molecule has 30 heavy (non-hydrogen) atoms. The number of amides is 1. The second-order valence-electron chi connectivity index (χ2n) is 6.53. The van der Waals surface area contributed by atoms with E-state index < -0.39 is 15.9 Å². The third kappa shape index (κ3) is 4.46. The fourth-order valence-corrected chi connectivity index (χ4v) is 6.17. The van der Waals surface area contributed by atoms with Crippen LogP contribution in [-0.2, 0) is 23.0 Å². The van der Waals surface area contributed by atoms with Crippen molar-refractivity contribution in [3.05, 3.63) is 74.5 Å². The Morgan fingerprint density at radius 1 is 1.13 bits per heavy atom. The molecule has 3 heterocycles. The lowest BCUT2D eigenvalue weighted by Gasteiger charge is -2.08. The van der Waals surface area contributed by atoms with Crippen molar-refractivity contribution in [2.75, 3.05) is 6.54 Å². The molecule has 0 atom stereocenters. The number of benzene rings is 1. The topological polar surface area (TPSA) is 91.1 Å². The zero-order valence-electron chi connectivity index (χ0n) is 15.6. The van der Waals surface area contributed by atoms with Gasteiger partial charge >= 0.3 is 0 Å². The van der Waals surface area contributed by atoms with Crippen LogP contribution in [0.2, 0.25) is 0 Å². The van der Waals surface area contributed by atoms with Gasteiger partial charge in [0.1, 0.15) is 15.6 Å². The van der Waals surface area contributed by atoms with Crippen LogP contribution in [0, 0.1) is 5.82 Å². The minimum absolute atomic E-state index is 0.0240. The van der Waals surface area contributed by atoms with Gasteiger partial charge in [-0.15, -0.1) is 22.7 Å². The summed E-state index contributed by atoms with van der Waals surface area (Å²) in [7, 11) is -3.80. The fourth-order valence-electron chi connectivity index (χ4n) is 3.09. The lowest BCUT2D eigenvalue weighted by Crippen LogP contribution is -2.29. The van der Waals surface area contributed by atoms with Gasteiger partial charge in [0, 0.05) is 35.1 Å². The van der Waals surface area contributed by atoms with Crippen molar-refractivity contribution >= 4 is 49.5 Å². The number of rotatable bonds is 8. The van der Waals surface area contributed by atoms with Crippen LogP contribution in [0.5, 0.6) is 0 Å². The van der Waals surface area contributed by atoms with Gasteiger partial charge in [-0.2, -0.15) is 0 Å². The van der Waals surface area contributed by atoms with E-state index in [9.17, 15) is 17.6 Å². The molecule has 0 unspecified atom stereocenters. The predicted octanol–water partition coefficient (Wildman–Crippen LogP) is 3.88. The Kier molecular flexibility index (Phi) is 6.00. The molecule has 4 aromatic rings. The Balaban J connectivity index is 1.40. The van der Waals surface area contributed by atoms with Crippen molar-refractivity contribution in [3.63, 3.8) is 0 Å². The third-order valence-corrected chi connectivity index (χ3v) is 7.91. The highest BCUT2D eigenvalue weighted by Gasteiger charge is 2.24. The minimum atomic E-state index is -3.80. The monoisotopic (exact) mass is 463 g/mol. The number of carbonyl (C=O) groups excluding carboxylic acids is 1. The second-order valence-corrected chi connectivity index (χ2v) is 10.2. The van der Waals surface area contributed by atoms with Crippen LogP contribution in [0.25, 0.3) is 10.9 Å². The van der Waals surface area contributed by atoms with Crippen LogP contribution in [0.1, 0.15) is 20.1 Å². The van der Waals surface area contributed by atoms with E-state index in [2.05, 4.69) is 15.0 Å². The van der Waals surface area contributed by atoms with Gasteiger partial charge in [0.2, 0.25) is 10.0 Å². The van der Waals surface area contributed by atoms with Crippen molar-refractivity contribution in [3.8, 4) is 0 Å². The number of hydrogen-bond donors (Lipinski definition) is 3. The number of aromatic nitrogens is 1. The predicted molar refractivity (Wildman–Crippen MR) is 117 cm³/mol. The molecule has 3 N–H and O–H groups in total. The maximum atomic E-state index is 13.3.